The van der Waals surface area contributed by atoms with Gasteiger partial charge in [-0.1, -0.05) is 30.4 Å². The Labute approximate surface area is 71.2 Å². The molecular formula is C10H10N2. The molecule has 12 heavy (non-hydrogen) atoms. The van der Waals surface area contributed by atoms with Crippen molar-refractivity contribution in [3.63, 3.8) is 0 Å². The molecule has 0 saturated carbocycles. The maximum absolute atomic E-state index is 7.35. The van der Waals surface area contributed by atoms with Gasteiger partial charge in [-0.25, -0.2) is 0 Å². The first-order valence-electron chi connectivity index (χ1n) is 3.92. The van der Waals surface area contributed by atoms with Crippen LogP contribution < -0.4 is 5.73 Å². The number of amidine groups is 1. The molecule has 1 aromatic rings. The fourth-order valence-electron chi connectivity index (χ4n) is 1.53. The molecule has 0 atom stereocenters. The molecule has 2 rings (SSSR count). The molecule has 0 amide bonds. The molecular weight excluding hydrogens is 148 g/mol. The van der Waals surface area contributed by atoms with E-state index in [1.165, 1.54) is 5.56 Å². The third-order valence-corrected chi connectivity index (χ3v) is 2.11. The zero-order chi connectivity index (χ0) is 8.55. The summed E-state index contributed by atoms with van der Waals surface area (Å²) < 4.78 is 0. The molecule has 0 radical (unpaired) electrons. The minimum absolute atomic E-state index is 0.151. The highest BCUT2D eigenvalue weighted by molar-refractivity contribution is 5.99. The minimum Gasteiger partial charge on any atom is -0.384 e. The normalized spacial score (nSPS) is 13.0. The summed E-state index contributed by atoms with van der Waals surface area (Å²) in [6, 6.07) is 5.90. The first-order valence-corrected chi connectivity index (χ1v) is 3.92. The summed E-state index contributed by atoms with van der Waals surface area (Å²) in [7, 11) is 0. The number of fused-ring (bicyclic) bond motifs is 1. The van der Waals surface area contributed by atoms with Gasteiger partial charge in [-0.3, -0.25) is 5.41 Å². The summed E-state index contributed by atoms with van der Waals surface area (Å²) in [6.07, 6.45) is 5.10. The fraction of sp³-hybridized carbons (Fsp3) is 0.100. The van der Waals surface area contributed by atoms with Crippen molar-refractivity contribution in [1.29, 1.82) is 5.41 Å². The summed E-state index contributed by atoms with van der Waals surface area (Å²) in [5.74, 6) is 0.151. The monoisotopic (exact) mass is 158 g/mol. The van der Waals surface area contributed by atoms with Gasteiger partial charge in [0.1, 0.15) is 5.84 Å². The van der Waals surface area contributed by atoms with Crippen molar-refractivity contribution < 1.29 is 0 Å². The third kappa shape index (κ3) is 0.925. The second-order valence-corrected chi connectivity index (χ2v) is 2.90. The highest BCUT2D eigenvalue weighted by Gasteiger charge is 2.10. The van der Waals surface area contributed by atoms with Crippen LogP contribution >= 0.6 is 0 Å². The lowest BCUT2D eigenvalue weighted by Crippen LogP contribution is -2.12. The largest absolute Gasteiger partial charge is 0.384 e. The molecule has 0 unspecified atom stereocenters. The molecule has 0 saturated heterocycles. The van der Waals surface area contributed by atoms with Gasteiger partial charge < -0.3 is 5.73 Å². The summed E-state index contributed by atoms with van der Waals surface area (Å²) in [5, 5.41) is 7.35. The zero-order valence-electron chi connectivity index (χ0n) is 6.67. The molecule has 0 spiro atoms. The van der Waals surface area contributed by atoms with E-state index in [0.717, 1.165) is 17.5 Å². The van der Waals surface area contributed by atoms with Crippen LogP contribution in [0.1, 0.15) is 16.7 Å². The van der Waals surface area contributed by atoms with Crippen molar-refractivity contribution in [3.8, 4) is 0 Å². The van der Waals surface area contributed by atoms with Crippen molar-refractivity contribution in [3.05, 3.63) is 41.0 Å². The highest BCUT2D eigenvalue weighted by Crippen LogP contribution is 2.22. The molecule has 2 heteroatoms. The van der Waals surface area contributed by atoms with Crippen molar-refractivity contribution >= 4 is 11.9 Å². The number of hydrogen-bond donors (Lipinski definition) is 2. The van der Waals surface area contributed by atoms with Crippen molar-refractivity contribution in [2.75, 3.05) is 0 Å². The smallest absolute Gasteiger partial charge is 0.123 e. The van der Waals surface area contributed by atoms with E-state index in [4.69, 9.17) is 11.1 Å². The van der Waals surface area contributed by atoms with Gasteiger partial charge in [0.25, 0.3) is 0 Å². The second-order valence-electron chi connectivity index (χ2n) is 2.90. The molecule has 0 fully saturated rings. The van der Waals surface area contributed by atoms with Gasteiger partial charge in [-0.2, -0.15) is 0 Å². The standard InChI is InChI=1S/C10H10N2/c11-10(12)9-6-2-4-7-3-1-5-8(7)9/h1-2,4-6H,3H2,(H3,11,12). The summed E-state index contributed by atoms with van der Waals surface area (Å²) in [4.78, 5) is 0. The minimum atomic E-state index is 0.151. The number of nitrogen functional groups attached to an aromatic ring is 1. The van der Waals surface area contributed by atoms with Crippen LogP contribution in [0.3, 0.4) is 0 Å². The van der Waals surface area contributed by atoms with Gasteiger partial charge >= 0.3 is 0 Å². The topological polar surface area (TPSA) is 49.9 Å². The number of rotatable bonds is 1. The Balaban J connectivity index is 2.63. The summed E-state index contributed by atoms with van der Waals surface area (Å²) >= 11 is 0. The molecule has 3 N–H and O–H groups in total. The summed E-state index contributed by atoms with van der Waals surface area (Å²) in [6.45, 7) is 0. The quantitative estimate of drug-likeness (QED) is 0.472. The van der Waals surface area contributed by atoms with Crippen LogP contribution in [0, 0.1) is 5.41 Å². The first-order chi connectivity index (χ1) is 5.79. The van der Waals surface area contributed by atoms with E-state index in [9.17, 15) is 0 Å². The molecule has 1 aromatic carbocycles. The molecule has 2 nitrogen and oxygen atoms in total. The lowest BCUT2D eigenvalue weighted by atomic mass is 10.0. The van der Waals surface area contributed by atoms with Crippen LogP contribution in [-0.4, -0.2) is 5.84 Å². The Bertz CT molecular complexity index is 364. The van der Waals surface area contributed by atoms with Crippen LogP contribution in [0.4, 0.5) is 0 Å². The van der Waals surface area contributed by atoms with Gasteiger partial charge in [0, 0.05) is 5.56 Å². The lowest BCUT2D eigenvalue weighted by molar-refractivity contribution is 1.30. The Morgan fingerprint density at radius 3 is 3.00 bits per heavy atom. The van der Waals surface area contributed by atoms with Gasteiger partial charge in [0.15, 0.2) is 0 Å². The van der Waals surface area contributed by atoms with Crippen LogP contribution in [0.5, 0.6) is 0 Å². The van der Waals surface area contributed by atoms with Crippen LogP contribution in [0.15, 0.2) is 24.3 Å². The van der Waals surface area contributed by atoms with Gasteiger partial charge in [-0.05, 0) is 17.5 Å². The van der Waals surface area contributed by atoms with E-state index >= 15 is 0 Å². The predicted molar refractivity (Wildman–Crippen MR) is 50.2 cm³/mol. The van der Waals surface area contributed by atoms with Crippen molar-refractivity contribution in [2.24, 2.45) is 5.73 Å². The first kappa shape index (κ1) is 7.10. The maximum atomic E-state index is 7.35. The average molecular weight is 158 g/mol. The van der Waals surface area contributed by atoms with Crippen LogP contribution in [0.25, 0.3) is 6.08 Å². The molecule has 1 aliphatic carbocycles. The Morgan fingerprint density at radius 2 is 2.25 bits per heavy atom. The van der Waals surface area contributed by atoms with Gasteiger partial charge in [0.05, 0.1) is 0 Å². The van der Waals surface area contributed by atoms with Gasteiger partial charge in [0.2, 0.25) is 0 Å². The predicted octanol–water partition coefficient (Wildman–Crippen LogP) is 1.54. The third-order valence-electron chi connectivity index (χ3n) is 2.11. The average Bonchev–Trinajstić information content (AvgIpc) is 2.49. The number of nitrogens with one attached hydrogen (secondary N) is 1. The SMILES string of the molecule is N=C(N)c1cccc2c1C=CC2. The second kappa shape index (κ2) is 2.48. The number of nitrogens with two attached hydrogens (primary N) is 1. The zero-order valence-corrected chi connectivity index (χ0v) is 6.67. The highest BCUT2D eigenvalue weighted by atomic mass is 14.7. The Hall–Kier alpha value is -1.57. The number of hydrogen-bond acceptors (Lipinski definition) is 1. The van der Waals surface area contributed by atoms with Crippen LogP contribution in [-0.2, 0) is 6.42 Å². The maximum Gasteiger partial charge on any atom is 0.123 e. The summed E-state index contributed by atoms with van der Waals surface area (Å²) in [5.41, 5.74) is 8.67. The van der Waals surface area contributed by atoms with E-state index in [1.54, 1.807) is 0 Å². The van der Waals surface area contributed by atoms with E-state index in [1.807, 2.05) is 18.2 Å². The number of allylic oxidation sites excluding steroid dienone is 1. The lowest BCUT2D eigenvalue weighted by Gasteiger charge is -2.04. The van der Waals surface area contributed by atoms with Crippen LogP contribution in [0.2, 0.25) is 0 Å². The fourth-order valence-corrected chi connectivity index (χ4v) is 1.53. The molecule has 0 heterocycles. The van der Waals surface area contributed by atoms with Crippen molar-refractivity contribution in [2.45, 2.75) is 6.42 Å². The Kier molecular flexibility index (Phi) is 1.47. The molecule has 1 aliphatic rings. The van der Waals surface area contributed by atoms with E-state index < -0.39 is 0 Å². The Morgan fingerprint density at radius 1 is 1.42 bits per heavy atom. The van der Waals surface area contributed by atoms with E-state index in [0.29, 0.717) is 0 Å². The molecule has 0 aliphatic heterocycles. The van der Waals surface area contributed by atoms with Crippen molar-refractivity contribution in [1.82, 2.24) is 0 Å². The van der Waals surface area contributed by atoms with E-state index in [2.05, 4.69) is 12.1 Å². The van der Waals surface area contributed by atoms with Gasteiger partial charge in [-0.15, -0.1) is 0 Å². The van der Waals surface area contributed by atoms with E-state index in [-0.39, 0.29) is 5.84 Å². The number of benzene rings is 1. The molecule has 0 bridgehead atoms. The molecule has 0 aromatic heterocycles. The molecule has 60 valence electrons.